The van der Waals surface area contributed by atoms with E-state index >= 15 is 0 Å². The van der Waals surface area contributed by atoms with Crippen molar-refractivity contribution >= 4 is 11.7 Å². The van der Waals surface area contributed by atoms with Crippen molar-refractivity contribution in [3.8, 4) is 0 Å². The van der Waals surface area contributed by atoms with E-state index in [2.05, 4.69) is 4.99 Å². The van der Waals surface area contributed by atoms with Gasteiger partial charge in [-0.15, -0.1) is 0 Å². The molecule has 0 spiro atoms. The van der Waals surface area contributed by atoms with Crippen molar-refractivity contribution in [2.24, 2.45) is 4.99 Å². The second-order valence-corrected chi connectivity index (χ2v) is 2.12. The van der Waals surface area contributed by atoms with E-state index < -0.39 is 17.9 Å². The minimum absolute atomic E-state index is 0.458. The second-order valence-electron chi connectivity index (χ2n) is 2.12. The van der Waals surface area contributed by atoms with Crippen LogP contribution in [0.3, 0.4) is 0 Å². The highest BCUT2D eigenvalue weighted by atomic mass is 19.4. The highest BCUT2D eigenvalue weighted by Crippen LogP contribution is 2.18. The molecular weight excluding hydrogens is 173 g/mol. The molecule has 0 radical (unpaired) electrons. The highest BCUT2D eigenvalue weighted by molar-refractivity contribution is 5.99. The maximum atomic E-state index is 12.0. The van der Waals surface area contributed by atoms with Crippen molar-refractivity contribution in [2.45, 2.75) is 13.1 Å². The lowest BCUT2D eigenvalue weighted by atomic mass is 10.4. The summed E-state index contributed by atoms with van der Waals surface area (Å²) in [4.78, 5) is 14.0. The lowest BCUT2D eigenvalue weighted by Crippen LogP contribution is -2.41. The Balaban J connectivity index is 4.72. The van der Waals surface area contributed by atoms with Crippen LogP contribution in [0.4, 0.5) is 13.2 Å². The molecular formula is C6H9F3N2O. The molecule has 0 aliphatic carbocycles. The normalized spacial score (nSPS) is 13.0. The van der Waals surface area contributed by atoms with E-state index in [0.29, 0.717) is 4.90 Å². The topological polar surface area (TPSA) is 32.7 Å². The summed E-state index contributed by atoms with van der Waals surface area (Å²) < 4.78 is 36.0. The summed E-state index contributed by atoms with van der Waals surface area (Å²) in [5.74, 6) is -1.89. The van der Waals surface area contributed by atoms with Gasteiger partial charge in [0, 0.05) is 21.0 Å². The molecule has 0 unspecified atom stereocenters. The number of aliphatic imine (C=N–C) groups is 1. The zero-order valence-corrected chi connectivity index (χ0v) is 6.94. The van der Waals surface area contributed by atoms with Gasteiger partial charge in [-0.3, -0.25) is 14.7 Å². The van der Waals surface area contributed by atoms with Crippen LogP contribution in [-0.4, -0.2) is 36.9 Å². The largest absolute Gasteiger partial charge is 0.449 e. The minimum atomic E-state index is -4.57. The number of carbonyl (C=O) groups is 1. The van der Waals surface area contributed by atoms with Gasteiger partial charge < -0.3 is 0 Å². The fraction of sp³-hybridized carbons (Fsp3) is 0.667. The zero-order chi connectivity index (χ0) is 9.94. The summed E-state index contributed by atoms with van der Waals surface area (Å²) in [5, 5.41) is 0. The zero-order valence-electron chi connectivity index (χ0n) is 6.94. The third-order valence-electron chi connectivity index (χ3n) is 1.26. The van der Waals surface area contributed by atoms with Crippen LogP contribution >= 0.6 is 0 Å². The Morgan fingerprint density at radius 2 is 1.83 bits per heavy atom. The summed E-state index contributed by atoms with van der Waals surface area (Å²) in [6, 6.07) is 0. The monoisotopic (exact) mass is 182 g/mol. The van der Waals surface area contributed by atoms with E-state index in [1.54, 1.807) is 0 Å². The van der Waals surface area contributed by atoms with Gasteiger partial charge >= 0.3 is 6.18 Å². The third kappa shape index (κ3) is 2.52. The molecule has 0 rings (SSSR count). The van der Waals surface area contributed by atoms with Crippen molar-refractivity contribution in [3.05, 3.63) is 0 Å². The number of amidine groups is 1. The molecule has 6 heteroatoms. The SMILES string of the molecule is CN=C(N(C)C(C)=O)C(F)(F)F. The van der Waals surface area contributed by atoms with Gasteiger partial charge in [-0.05, 0) is 0 Å². The van der Waals surface area contributed by atoms with Gasteiger partial charge in [0.2, 0.25) is 11.7 Å². The molecule has 1 amide bonds. The molecule has 0 heterocycles. The number of carbonyl (C=O) groups excluding carboxylic acids is 1. The standard InChI is InChI=1S/C6H9F3N2O/c1-4(12)11(3)5(10-2)6(7,8)9/h1-3H3. The summed E-state index contributed by atoms with van der Waals surface area (Å²) in [7, 11) is 2.01. The van der Waals surface area contributed by atoms with Crippen LogP contribution in [0.15, 0.2) is 4.99 Å². The predicted molar refractivity (Wildman–Crippen MR) is 37.9 cm³/mol. The number of hydrogen-bond donors (Lipinski definition) is 0. The first-order valence-corrected chi connectivity index (χ1v) is 3.09. The van der Waals surface area contributed by atoms with Crippen LogP contribution in [0, 0.1) is 0 Å². The molecule has 0 aliphatic rings. The first-order chi connectivity index (χ1) is 5.30. The van der Waals surface area contributed by atoms with Crippen molar-refractivity contribution < 1.29 is 18.0 Å². The Kier molecular flexibility index (Phi) is 3.24. The summed E-state index contributed by atoms with van der Waals surface area (Å²) in [6.45, 7) is 1.04. The van der Waals surface area contributed by atoms with Gasteiger partial charge in [0.1, 0.15) is 0 Å². The molecule has 0 aromatic carbocycles. The van der Waals surface area contributed by atoms with Crippen molar-refractivity contribution in [1.82, 2.24) is 4.90 Å². The molecule has 0 saturated carbocycles. The predicted octanol–water partition coefficient (Wildman–Crippen LogP) is 1.06. The second kappa shape index (κ2) is 3.55. The van der Waals surface area contributed by atoms with E-state index in [4.69, 9.17) is 0 Å². The molecule has 70 valence electrons. The first kappa shape index (κ1) is 10.9. The Morgan fingerprint density at radius 1 is 1.42 bits per heavy atom. The highest BCUT2D eigenvalue weighted by Gasteiger charge is 2.39. The molecule has 0 saturated heterocycles. The number of nitrogens with zero attached hydrogens (tertiary/aromatic N) is 2. The average molecular weight is 182 g/mol. The fourth-order valence-corrected chi connectivity index (χ4v) is 0.616. The third-order valence-corrected chi connectivity index (χ3v) is 1.26. The molecule has 0 atom stereocenters. The number of hydrogen-bond acceptors (Lipinski definition) is 2. The molecule has 12 heavy (non-hydrogen) atoms. The van der Waals surface area contributed by atoms with Crippen molar-refractivity contribution in [2.75, 3.05) is 14.1 Å². The van der Waals surface area contributed by atoms with Crippen LogP contribution in [0.1, 0.15) is 6.92 Å². The number of amides is 1. The minimum Gasteiger partial charge on any atom is -0.296 e. The molecule has 0 aromatic rings. The molecule has 3 nitrogen and oxygen atoms in total. The molecule has 0 aliphatic heterocycles. The van der Waals surface area contributed by atoms with Gasteiger partial charge in [-0.2, -0.15) is 13.2 Å². The van der Waals surface area contributed by atoms with Gasteiger partial charge in [-0.1, -0.05) is 0 Å². The van der Waals surface area contributed by atoms with Gasteiger partial charge in [0.05, 0.1) is 0 Å². The lowest BCUT2D eigenvalue weighted by Gasteiger charge is -2.18. The molecule has 0 bridgehead atoms. The van der Waals surface area contributed by atoms with Gasteiger partial charge in [-0.25, -0.2) is 0 Å². The molecule has 0 aromatic heterocycles. The summed E-state index contributed by atoms with van der Waals surface area (Å²) in [6.07, 6.45) is -4.57. The van der Waals surface area contributed by atoms with Crippen LogP contribution in [0.5, 0.6) is 0 Å². The summed E-state index contributed by atoms with van der Waals surface area (Å²) in [5.41, 5.74) is 0. The first-order valence-electron chi connectivity index (χ1n) is 3.09. The van der Waals surface area contributed by atoms with Crippen LogP contribution in [0.25, 0.3) is 0 Å². The van der Waals surface area contributed by atoms with Crippen molar-refractivity contribution in [3.63, 3.8) is 0 Å². The fourth-order valence-electron chi connectivity index (χ4n) is 0.616. The van der Waals surface area contributed by atoms with E-state index in [-0.39, 0.29) is 0 Å². The number of halogens is 3. The van der Waals surface area contributed by atoms with Crippen LogP contribution in [0.2, 0.25) is 0 Å². The Bertz CT molecular complexity index is 209. The van der Waals surface area contributed by atoms with Crippen LogP contribution in [-0.2, 0) is 4.79 Å². The van der Waals surface area contributed by atoms with E-state index in [9.17, 15) is 18.0 Å². The maximum absolute atomic E-state index is 12.0. The Morgan fingerprint density at radius 3 is 1.92 bits per heavy atom. The van der Waals surface area contributed by atoms with Gasteiger partial charge in [0.15, 0.2) is 0 Å². The number of alkyl halides is 3. The van der Waals surface area contributed by atoms with Crippen molar-refractivity contribution in [1.29, 1.82) is 0 Å². The average Bonchev–Trinajstić information content (AvgIpc) is 1.85. The quantitative estimate of drug-likeness (QED) is 0.407. The summed E-state index contributed by atoms with van der Waals surface area (Å²) >= 11 is 0. The maximum Gasteiger partial charge on any atom is 0.449 e. The Hall–Kier alpha value is -1.07. The van der Waals surface area contributed by atoms with E-state index in [0.717, 1.165) is 21.0 Å². The smallest absolute Gasteiger partial charge is 0.296 e. The van der Waals surface area contributed by atoms with E-state index in [1.807, 2.05) is 0 Å². The number of rotatable bonds is 0. The molecule has 0 N–H and O–H groups in total. The van der Waals surface area contributed by atoms with E-state index in [1.165, 1.54) is 0 Å². The molecule has 0 fully saturated rings. The van der Waals surface area contributed by atoms with Gasteiger partial charge in [0.25, 0.3) is 0 Å². The van der Waals surface area contributed by atoms with Crippen LogP contribution < -0.4 is 0 Å². The lowest BCUT2D eigenvalue weighted by molar-refractivity contribution is -0.127. The Labute approximate surface area is 67.9 Å².